The zero-order valence-corrected chi connectivity index (χ0v) is 4.95. The zero-order chi connectivity index (χ0) is 3.58. The molecule has 0 aliphatic rings. The molecule has 0 amide bonds. The molecular formula is H3CaO3V2. The van der Waals surface area contributed by atoms with Crippen LogP contribution in [-0.4, -0.2) is 41.8 Å². The molecule has 0 rings (SSSR count). The third kappa shape index (κ3) is 37.7. The molecule has 0 saturated carbocycles. The van der Waals surface area contributed by atoms with Crippen LogP contribution in [0.25, 0.3) is 0 Å². The van der Waals surface area contributed by atoms with Crippen molar-refractivity contribution in [3.63, 3.8) is 0 Å². The van der Waals surface area contributed by atoms with E-state index in [4.69, 9.17) is 11.4 Å². The van der Waals surface area contributed by atoms with Gasteiger partial charge in [-0.15, -0.1) is 0 Å². The first-order valence-electron chi connectivity index (χ1n) is 0.565. The van der Waals surface area contributed by atoms with E-state index >= 15 is 0 Å². The van der Waals surface area contributed by atoms with E-state index in [0.717, 1.165) is 0 Å². The predicted molar refractivity (Wildman–Crippen MR) is 12.1 cm³/mol. The maximum Gasteiger partial charge on any atom is 0 e. The van der Waals surface area contributed by atoms with Crippen molar-refractivity contribution in [3.05, 3.63) is 0 Å². The van der Waals surface area contributed by atoms with Gasteiger partial charge in [-0.3, -0.25) is 0 Å². The first kappa shape index (κ1) is 15.7. The van der Waals surface area contributed by atoms with Gasteiger partial charge in [0.05, 0.1) is 0 Å². The van der Waals surface area contributed by atoms with E-state index in [1.165, 1.54) is 0 Å². The van der Waals surface area contributed by atoms with Crippen molar-refractivity contribution in [3.8, 4) is 0 Å². The molecule has 0 aliphatic carbocycles. The zero-order valence-electron chi connectivity index (χ0n) is 2.16. The molecule has 0 aliphatic heterocycles. The molecule has 0 aromatic heterocycles. The molecule has 0 atom stereocenters. The predicted octanol–water partition coefficient (Wildman–Crippen LogP) is -1.72. The quantitative estimate of drug-likeness (QED) is 0.466. The van der Waals surface area contributed by atoms with Crippen molar-refractivity contribution in [1.82, 2.24) is 0 Å². The Balaban J connectivity index is -0.0000000450. The molecule has 0 bridgehead atoms. The van der Waals surface area contributed by atoms with E-state index in [9.17, 15) is 0 Å². The van der Waals surface area contributed by atoms with Gasteiger partial charge in [-0.05, 0) is 0 Å². The summed E-state index contributed by atoms with van der Waals surface area (Å²) in [6.07, 6.45) is 0. The molecule has 0 saturated heterocycles. The molecule has 6 heavy (non-hydrogen) atoms. The third-order valence-corrected chi connectivity index (χ3v) is 0. The van der Waals surface area contributed by atoms with E-state index < -0.39 is 15.4 Å². The topological polar surface area (TPSA) is 54.4 Å². The summed E-state index contributed by atoms with van der Waals surface area (Å²) in [5.74, 6) is 0. The smallest absolute Gasteiger partial charge is 0 e. The van der Waals surface area contributed by atoms with Crippen LogP contribution in [-0.2, 0) is 41.3 Å². The third-order valence-electron chi connectivity index (χ3n) is 0. The first-order chi connectivity index (χ1) is 1.73. The van der Waals surface area contributed by atoms with Gasteiger partial charge in [-0.25, -0.2) is 0 Å². The standard InChI is InChI=1S/Ca.H2O.2O.2V.2H/h;1H2;;;;;;/q;;;;;+1;;/p-1. The van der Waals surface area contributed by atoms with Crippen LogP contribution in [0.1, 0.15) is 0 Å². The van der Waals surface area contributed by atoms with Crippen LogP contribution < -0.4 is 0 Å². The Morgan fingerprint density at radius 1 is 1.33 bits per heavy atom. The molecule has 0 aromatic rings. The Morgan fingerprint density at radius 2 is 1.33 bits per heavy atom. The minimum atomic E-state index is -3.69. The summed E-state index contributed by atoms with van der Waals surface area (Å²) >= 11 is -3.69. The monoisotopic (exact) mass is 193 g/mol. The molecule has 1 radical (unpaired) electrons. The summed E-state index contributed by atoms with van der Waals surface area (Å²) in [5, 5.41) is 0. The minimum Gasteiger partial charge on any atom is 0 e. The fourth-order valence-electron chi connectivity index (χ4n) is 0. The Bertz CT molecular complexity index is 57.2. The van der Waals surface area contributed by atoms with Crippen LogP contribution in [0.3, 0.4) is 0 Å². The second-order valence-corrected chi connectivity index (χ2v) is 0.981. The van der Waals surface area contributed by atoms with E-state index in [-0.39, 0.29) is 56.3 Å². The van der Waals surface area contributed by atoms with Crippen LogP contribution in [0.15, 0.2) is 0 Å². The van der Waals surface area contributed by atoms with Gasteiger partial charge in [0.25, 0.3) is 0 Å². The normalized spacial score (nSPS) is 4.17. The van der Waals surface area contributed by atoms with Gasteiger partial charge in [-0.1, -0.05) is 0 Å². The van der Waals surface area contributed by atoms with Gasteiger partial charge in [0.1, 0.15) is 0 Å². The van der Waals surface area contributed by atoms with Crippen molar-refractivity contribution < 1.29 is 45.3 Å². The average Bonchev–Trinajstić information content (AvgIpc) is 0.811. The summed E-state index contributed by atoms with van der Waals surface area (Å²) in [6, 6.07) is 0. The second kappa shape index (κ2) is 10.1. The summed E-state index contributed by atoms with van der Waals surface area (Å²) in [5.41, 5.74) is 0. The minimum absolute atomic E-state index is 0. The molecule has 6 heteroatoms. The molecule has 0 unspecified atom stereocenters. The Labute approximate surface area is 81.7 Å². The van der Waals surface area contributed by atoms with Gasteiger partial charge in [0, 0.05) is 18.6 Å². The second-order valence-electron chi connectivity index (χ2n) is 0.238. The van der Waals surface area contributed by atoms with Crippen LogP contribution in [0.2, 0.25) is 0 Å². The van der Waals surface area contributed by atoms with Crippen molar-refractivity contribution >= 4 is 37.7 Å². The Hall–Kier alpha value is 1.99. The molecule has 1 N–H and O–H groups in total. The molecule has 3 nitrogen and oxygen atoms in total. The van der Waals surface area contributed by atoms with E-state index in [0.29, 0.717) is 0 Å². The summed E-state index contributed by atoms with van der Waals surface area (Å²) in [7, 11) is 0. The van der Waals surface area contributed by atoms with Gasteiger partial charge in [0.15, 0.2) is 0 Å². The van der Waals surface area contributed by atoms with Crippen molar-refractivity contribution in [2.24, 2.45) is 0 Å². The van der Waals surface area contributed by atoms with Gasteiger partial charge < -0.3 is 0 Å². The van der Waals surface area contributed by atoms with Gasteiger partial charge >= 0.3 is 64.5 Å². The fraction of sp³-hybridized carbons (Fsp3) is 0. The van der Waals surface area contributed by atoms with Crippen LogP contribution in [0.4, 0.5) is 0 Å². The van der Waals surface area contributed by atoms with Crippen LogP contribution >= 0.6 is 0 Å². The van der Waals surface area contributed by atoms with Crippen molar-refractivity contribution in [1.29, 1.82) is 0 Å². The average molecular weight is 193 g/mol. The van der Waals surface area contributed by atoms with E-state index in [1.54, 1.807) is 0 Å². The molecule has 0 heterocycles. The van der Waals surface area contributed by atoms with E-state index in [1.807, 2.05) is 0 Å². The molecule has 0 fully saturated rings. The first-order valence-corrected chi connectivity index (χ1v) is 2.33. The number of hydrogen-bond acceptors (Lipinski definition) is 2. The van der Waals surface area contributed by atoms with Crippen LogP contribution in [0.5, 0.6) is 0 Å². The molecular weight excluding hydrogens is 190 g/mol. The maximum absolute atomic E-state index is 8.67. The van der Waals surface area contributed by atoms with Crippen molar-refractivity contribution in [2.75, 3.05) is 0 Å². The van der Waals surface area contributed by atoms with Crippen LogP contribution in [0, 0.1) is 0 Å². The molecule has 0 aromatic carbocycles. The Kier molecular flexibility index (Phi) is 26.3. The SMILES string of the molecule is [CaH2].[O]=[V](=[O])[OH].[V]. The van der Waals surface area contributed by atoms with Gasteiger partial charge in [0.2, 0.25) is 0 Å². The number of rotatable bonds is 0. The van der Waals surface area contributed by atoms with Gasteiger partial charge in [-0.2, -0.15) is 0 Å². The number of hydrogen-bond donors (Lipinski definition) is 1. The summed E-state index contributed by atoms with van der Waals surface area (Å²) < 4.78 is 24.4. The summed E-state index contributed by atoms with van der Waals surface area (Å²) in [6.45, 7) is 0. The maximum atomic E-state index is 8.67. The van der Waals surface area contributed by atoms with Crippen molar-refractivity contribution in [2.45, 2.75) is 0 Å². The fourth-order valence-corrected chi connectivity index (χ4v) is 0. The Morgan fingerprint density at radius 3 is 1.33 bits per heavy atom. The summed E-state index contributed by atoms with van der Waals surface area (Å²) in [4.78, 5) is 0. The van der Waals surface area contributed by atoms with E-state index in [2.05, 4.69) is 0 Å². The molecule has 0 spiro atoms. The largest absolute Gasteiger partial charge is 0 e. The molecule has 33 valence electrons.